The van der Waals surface area contributed by atoms with Crippen LogP contribution >= 0.6 is 0 Å². The molecule has 2 N–H and O–H groups in total. The SMILES string of the molecule is COc1cccc(C(CNC(=O)Nc2ccc(C)cc2)N(C)C)c1. The van der Waals surface area contributed by atoms with Gasteiger partial charge in [-0.05, 0) is 50.8 Å². The number of anilines is 1. The summed E-state index contributed by atoms with van der Waals surface area (Å²) in [6.07, 6.45) is 0. The molecule has 5 nitrogen and oxygen atoms in total. The molecule has 0 aliphatic heterocycles. The fraction of sp³-hybridized carbons (Fsp3) is 0.316. The molecular formula is C19H25N3O2. The lowest BCUT2D eigenvalue weighted by molar-refractivity contribution is 0.243. The van der Waals surface area contributed by atoms with E-state index in [9.17, 15) is 4.79 Å². The molecule has 0 aromatic heterocycles. The Morgan fingerprint density at radius 3 is 2.50 bits per heavy atom. The number of urea groups is 1. The van der Waals surface area contributed by atoms with E-state index in [1.54, 1.807) is 7.11 Å². The summed E-state index contributed by atoms with van der Waals surface area (Å²) in [6.45, 7) is 2.51. The van der Waals surface area contributed by atoms with Gasteiger partial charge in [0, 0.05) is 12.2 Å². The van der Waals surface area contributed by atoms with Crippen molar-refractivity contribution in [3.05, 3.63) is 59.7 Å². The largest absolute Gasteiger partial charge is 0.497 e. The first-order chi connectivity index (χ1) is 11.5. The Hall–Kier alpha value is -2.53. The molecule has 0 spiro atoms. The standard InChI is InChI=1S/C19H25N3O2/c1-14-8-10-16(11-9-14)21-19(23)20-13-18(22(2)3)15-6-5-7-17(12-15)24-4/h5-12,18H,13H2,1-4H3,(H2,20,21,23). The van der Waals surface area contributed by atoms with Crippen molar-refractivity contribution in [2.45, 2.75) is 13.0 Å². The summed E-state index contributed by atoms with van der Waals surface area (Å²) in [4.78, 5) is 14.2. The lowest BCUT2D eigenvalue weighted by atomic mass is 10.1. The lowest BCUT2D eigenvalue weighted by Crippen LogP contribution is -2.36. The van der Waals surface area contributed by atoms with Crippen LogP contribution in [0.3, 0.4) is 0 Å². The summed E-state index contributed by atoms with van der Waals surface area (Å²) in [7, 11) is 5.63. The summed E-state index contributed by atoms with van der Waals surface area (Å²) in [5.41, 5.74) is 3.03. The third kappa shape index (κ3) is 4.99. The molecule has 0 radical (unpaired) electrons. The van der Waals surface area contributed by atoms with Gasteiger partial charge in [0.1, 0.15) is 5.75 Å². The number of rotatable bonds is 6. The zero-order valence-corrected chi connectivity index (χ0v) is 14.7. The Labute approximate surface area is 143 Å². The van der Waals surface area contributed by atoms with Gasteiger partial charge in [-0.25, -0.2) is 4.79 Å². The highest BCUT2D eigenvalue weighted by molar-refractivity contribution is 5.89. The van der Waals surface area contributed by atoms with Gasteiger partial charge in [-0.3, -0.25) is 0 Å². The van der Waals surface area contributed by atoms with E-state index in [1.807, 2.05) is 69.6 Å². The van der Waals surface area contributed by atoms with Crippen LogP contribution in [0.1, 0.15) is 17.2 Å². The van der Waals surface area contributed by atoms with E-state index in [2.05, 4.69) is 15.5 Å². The van der Waals surface area contributed by atoms with Gasteiger partial charge in [0.15, 0.2) is 0 Å². The van der Waals surface area contributed by atoms with E-state index < -0.39 is 0 Å². The van der Waals surface area contributed by atoms with Crippen LogP contribution in [0.5, 0.6) is 5.75 Å². The van der Waals surface area contributed by atoms with Gasteiger partial charge in [-0.1, -0.05) is 29.8 Å². The van der Waals surface area contributed by atoms with Crippen LogP contribution in [0.15, 0.2) is 48.5 Å². The quantitative estimate of drug-likeness (QED) is 0.855. The van der Waals surface area contributed by atoms with Gasteiger partial charge in [0.05, 0.1) is 13.2 Å². The average Bonchev–Trinajstić information content (AvgIpc) is 2.57. The summed E-state index contributed by atoms with van der Waals surface area (Å²) in [6, 6.07) is 15.4. The van der Waals surface area contributed by atoms with Gasteiger partial charge in [0.25, 0.3) is 0 Å². The van der Waals surface area contributed by atoms with Crippen molar-refractivity contribution in [1.29, 1.82) is 0 Å². The predicted molar refractivity (Wildman–Crippen MR) is 97.6 cm³/mol. The molecule has 1 unspecified atom stereocenters. The molecule has 0 bridgehead atoms. The molecule has 2 aromatic carbocycles. The number of benzene rings is 2. The Bertz CT molecular complexity index is 669. The first kappa shape index (κ1) is 17.8. The zero-order valence-electron chi connectivity index (χ0n) is 14.7. The van der Waals surface area contributed by atoms with Crippen molar-refractivity contribution in [2.75, 3.05) is 33.1 Å². The Kier molecular flexibility index (Phi) is 6.21. The molecule has 1 atom stereocenters. The number of nitrogens with zero attached hydrogens (tertiary/aromatic N) is 1. The van der Waals surface area contributed by atoms with Crippen LogP contribution < -0.4 is 15.4 Å². The smallest absolute Gasteiger partial charge is 0.319 e. The van der Waals surface area contributed by atoms with E-state index in [-0.39, 0.29) is 12.1 Å². The number of amides is 2. The number of ether oxygens (including phenoxy) is 1. The molecule has 5 heteroatoms. The minimum absolute atomic E-state index is 0.0591. The maximum Gasteiger partial charge on any atom is 0.319 e. The fourth-order valence-corrected chi connectivity index (χ4v) is 2.45. The number of hydrogen-bond donors (Lipinski definition) is 2. The number of carbonyl (C=O) groups is 1. The number of nitrogens with one attached hydrogen (secondary N) is 2. The Morgan fingerprint density at radius 2 is 1.88 bits per heavy atom. The molecule has 2 aromatic rings. The second kappa shape index (κ2) is 8.36. The van der Waals surface area contributed by atoms with Crippen molar-refractivity contribution in [1.82, 2.24) is 10.2 Å². The molecule has 0 saturated heterocycles. The Balaban J connectivity index is 1.98. The molecule has 128 valence electrons. The van der Waals surface area contributed by atoms with E-state index in [0.29, 0.717) is 6.54 Å². The van der Waals surface area contributed by atoms with Gasteiger partial charge < -0.3 is 20.3 Å². The number of aryl methyl sites for hydroxylation is 1. The molecule has 0 aliphatic carbocycles. The fourth-order valence-electron chi connectivity index (χ4n) is 2.45. The minimum Gasteiger partial charge on any atom is -0.497 e. The van der Waals surface area contributed by atoms with Gasteiger partial charge in [-0.15, -0.1) is 0 Å². The highest BCUT2D eigenvalue weighted by atomic mass is 16.5. The third-order valence-electron chi connectivity index (χ3n) is 3.87. The summed E-state index contributed by atoms with van der Waals surface area (Å²) in [5, 5.41) is 5.77. The number of carbonyl (C=O) groups excluding carboxylic acids is 1. The van der Waals surface area contributed by atoms with E-state index >= 15 is 0 Å². The molecule has 0 saturated carbocycles. The minimum atomic E-state index is -0.214. The van der Waals surface area contributed by atoms with Crippen molar-refractivity contribution < 1.29 is 9.53 Å². The van der Waals surface area contributed by atoms with Crippen molar-refractivity contribution in [3.63, 3.8) is 0 Å². The topological polar surface area (TPSA) is 53.6 Å². The molecule has 0 fully saturated rings. The normalized spacial score (nSPS) is 11.9. The number of hydrogen-bond acceptors (Lipinski definition) is 3. The van der Waals surface area contributed by atoms with Gasteiger partial charge in [-0.2, -0.15) is 0 Å². The van der Waals surface area contributed by atoms with Crippen LogP contribution in [0.2, 0.25) is 0 Å². The number of likely N-dealkylation sites (N-methyl/N-ethyl adjacent to an activating group) is 1. The molecular weight excluding hydrogens is 302 g/mol. The zero-order chi connectivity index (χ0) is 17.5. The van der Waals surface area contributed by atoms with Crippen LogP contribution in [-0.4, -0.2) is 38.7 Å². The molecule has 24 heavy (non-hydrogen) atoms. The van der Waals surface area contributed by atoms with Gasteiger partial charge >= 0.3 is 6.03 Å². The average molecular weight is 327 g/mol. The van der Waals surface area contributed by atoms with Crippen molar-refractivity contribution in [2.24, 2.45) is 0 Å². The maximum absolute atomic E-state index is 12.1. The lowest BCUT2D eigenvalue weighted by Gasteiger charge is -2.25. The second-order valence-electron chi connectivity index (χ2n) is 5.96. The van der Waals surface area contributed by atoms with Crippen LogP contribution in [-0.2, 0) is 0 Å². The van der Waals surface area contributed by atoms with Crippen LogP contribution in [0, 0.1) is 6.92 Å². The van der Waals surface area contributed by atoms with Crippen molar-refractivity contribution >= 4 is 11.7 Å². The predicted octanol–water partition coefficient (Wildman–Crippen LogP) is 3.43. The Morgan fingerprint density at radius 1 is 1.17 bits per heavy atom. The molecule has 0 aliphatic rings. The summed E-state index contributed by atoms with van der Waals surface area (Å²) >= 11 is 0. The van der Waals surface area contributed by atoms with Gasteiger partial charge in [0.2, 0.25) is 0 Å². The van der Waals surface area contributed by atoms with E-state index in [4.69, 9.17) is 4.74 Å². The molecule has 2 rings (SSSR count). The third-order valence-corrected chi connectivity index (χ3v) is 3.87. The molecule has 2 amide bonds. The monoisotopic (exact) mass is 327 g/mol. The first-order valence-corrected chi connectivity index (χ1v) is 7.91. The highest BCUT2D eigenvalue weighted by Gasteiger charge is 2.16. The number of methoxy groups -OCH3 is 1. The maximum atomic E-state index is 12.1. The summed E-state index contributed by atoms with van der Waals surface area (Å²) < 4.78 is 5.28. The van der Waals surface area contributed by atoms with E-state index in [1.165, 1.54) is 0 Å². The van der Waals surface area contributed by atoms with Crippen LogP contribution in [0.25, 0.3) is 0 Å². The van der Waals surface area contributed by atoms with Crippen LogP contribution in [0.4, 0.5) is 10.5 Å². The highest BCUT2D eigenvalue weighted by Crippen LogP contribution is 2.22. The van der Waals surface area contributed by atoms with Crippen molar-refractivity contribution in [3.8, 4) is 5.75 Å². The van der Waals surface area contributed by atoms with E-state index in [0.717, 1.165) is 22.6 Å². The molecule has 0 heterocycles. The second-order valence-corrected chi connectivity index (χ2v) is 5.96. The first-order valence-electron chi connectivity index (χ1n) is 7.91. The summed E-state index contributed by atoms with van der Waals surface area (Å²) in [5.74, 6) is 0.809.